The van der Waals surface area contributed by atoms with Crippen molar-refractivity contribution in [3.8, 4) is 0 Å². The van der Waals surface area contributed by atoms with E-state index in [2.05, 4.69) is 5.32 Å². The first-order valence-corrected chi connectivity index (χ1v) is 7.37. The molecule has 0 amide bonds. The van der Waals surface area contributed by atoms with Gasteiger partial charge in [0.2, 0.25) is 0 Å². The van der Waals surface area contributed by atoms with E-state index in [1.54, 1.807) is 24.9 Å². The van der Waals surface area contributed by atoms with E-state index in [0.717, 1.165) is 30.1 Å². The lowest BCUT2D eigenvalue weighted by Crippen LogP contribution is -2.50. The third-order valence-corrected chi connectivity index (χ3v) is 4.12. The second kappa shape index (κ2) is 5.80. The molecule has 0 aliphatic heterocycles. The van der Waals surface area contributed by atoms with Crippen LogP contribution < -0.4 is 5.32 Å². The lowest BCUT2D eigenvalue weighted by Gasteiger charge is -2.26. The van der Waals surface area contributed by atoms with Crippen molar-refractivity contribution in [3.63, 3.8) is 0 Å². The molecule has 1 aromatic heterocycles. The molecule has 2 rings (SSSR count). The first-order valence-electron chi connectivity index (χ1n) is 6.21. The second-order valence-electron chi connectivity index (χ2n) is 4.94. The van der Waals surface area contributed by atoms with Crippen LogP contribution in [0.5, 0.6) is 0 Å². The number of aliphatic carboxylic acids is 1. The summed E-state index contributed by atoms with van der Waals surface area (Å²) in [5, 5.41) is 12.5. The molecular weight excluding hydrogens is 250 g/mol. The molecule has 1 aromatic rings. The summed E-state index contributed by atoms with van der Waals surface area (Å²) in [7, 11) is 0. The van der Waals surface area contributed by atoms with E-state index in [0.29, 0.717) is 12.5 Å². The molecule has 1 saturated carbocycles. The summed E-state index contributed by atoms with van der Waals surface area (Å²) in [5.41, 5.74) is -0.794. The number of thioether (sulfide) groups is 1. The van der Waals surface area contributed by atoms with E-state index in [1.807, 2.05) is 12.1 Å². The fourth-order valence-corrected chi connectivity index (χ4v) is 2.83. The maximum atomic E-state index is 11.3. The highest BCUT2D eigenvalue weighted by molar-refractivity contribution is 7.98. The predicted molar refractivity (Wildman–Crippen MR) is 71.7 cm³/mol. The third-order valence-electron chi connectivity index (χ3n) is 3.14. The molecular formula is C13H19NO3S. The molecule has 0 aromatic carbocycles. The molecule has 0 saturated heterocycles. The van der Waals surface area contributed by atoms with Crippen LogP contribution in [0, 0.1) is 0 Å². The Morgan fingerprint density at radius 3 is 3.00 bits per heavy atom. The maximum Gasteiger partial charge on any atom is 0.323 e. The molecule has 1 heterocycles. The molecule has 1 fully saturated rings. The zero-order valence-corrected chi connectivity index (χ0v) is 11.3. The first kappa shape index (κ1) is 13.5. The topological polar surface area (TPSA) is 62.5 Å². The molecule has 1 aliphatic rings. The predicted octanol–water partition coefficient (Wildman–Crippen LogP) is 2.50. The Morgan fingerprint density at radius 2 is 2.44 bits per heavy atom. The average Bonchev–Trinajstić information content (AvgIpc) is 2.97. The number of carboxylic acids is 1. The summed E-state index contributed by atoms with van der Waals surface area (Å²) in [6.45, 7) is 1.78. The molecule has 4 nitrogen and oxygen atoms in total. The largest absolute Gasteiger partial charge is 0.480 e. The Kier molecular flexibility index (Phi) is 4.35. The highest BCUT2D eigenvalue weighted by Crippen LogP contribution is 2.25. The molecule has 1 aliphatic carbocycles. The number of carbonyl (C=O) groups is 1. The van der Waals surface area contributed by atoms with Gasteiger partial charge in [-0.25, -0.2) is 0 Å². The van der Waals surface area contributed by atoms with Crippen LogP contribution in [0.25, 0.3) is 0 Å². The average molecular weight is 269 g/mol. The fraction of sp³-hybridized carbons (Fsp3) is 0.615. The van der Waals surface area contributed by atoms with Gasteiger partial charge in [-0.3, -0.25) is 10.1 Å². The Hall–Kier alpha value is -0.940. The van der Waals surface area contributed by atoms with Gasteiger partial charge in [-0.1, -0.05) is 0 Å². The van der Waals surface area contributed by atoms with Gasteiger partial charge in [0, 0.05) is 6.04 Å². The van der Waals surface area contributed by atoms with Gasteiger partial charge in [0.25, 0.3) is 0 Å². The summed E-state index contributed by atoms with van der Waals surface area (Å²) in [6.07, 6.45) is 4.49. The normalized spacial score (nSPS) is 18.5. The molecule has 18 heavy (non-hydrogen) atoms. The second-order valence-corrected chi connectivity index (χ2v) is 6.04. The van der Waals surface area contributed by atoms with Crippen molar-refractivity contribution in [1.29, 1.82) is 0 Å². The van der Waals surface area contributed by atoms with Crippen LogP contribution in [-0.2, 0) is 10.5 Å². The monoisotopic (exact) mass is 269 g/mol. The molecule has 5 heteroatoms. The minimum Gasteiger partial charge on any atom is -0.480 e. The highest BCUT2D eigenvalue weighted by Gasteiger charge is 2.37. The van der Waals surface area contributed by atoms with E-state index in [9.17, 15) is 9.90 Å². The lowest BCUT2D eigenvalue weighted by molar-refractivity contribution is -0.144. The van der Waals surface area contributed by atoms with E-state index in [4.69, 9.17) is 4.42 Å². The number of hydrogen-bond donors (Lipinski definition) is 2. The summed E-state index contributed by atoms with van der Waals surface area (Å²) >= 11 is 1.71. The fourth-order valence-electron chi connectivity index (χ4n) is 1.76. The van der Waals surface area contributed by atoms with E-state index in [-0.39, 0.29) is 0 Å². The number of hydrogen-bond acceptors (Lipinski definition) is 4. The summed E-state index contributed by atoms with van der Waals surface area (Å²) in [6, 6.07) is 4.21. The highest BCUT2D eigenvalue weighted by atomic mass is 32.2. The van der Waals surface area contributed by atoms with Crippen LogP contribution in [0.4, 0.5) is 0 Å². The van der Waals surface area contributed by atoms with Gasteiger partial charge in [-0.05, 0) is 44.1 Å². The van der Waals surface area contributed by atoms with E-state index in [1.165, 1.54) is 0 Å². The van der Waals surface area contributed by atoms with Crippen LogP contribution in [0.2, 0.25) is 0 Å². The molecule has 2 N–H and O–H groups in total. The zero-order valence-electron chi connectivity index (χ0n) is 10.5. The summed E-state index contributed by atoms with van der Waals surface area (Å²) < 4.78 is 5.23. The van der Waals surface area contributed by atoms with Crippen LogP contribution in [-0.4, -0.2) is 28.4 Å². The standard InChI is InChI=1S/C13H19NO3S/c1-13(12(15)16,14-10-4-5-10)6-8-18-9-11-3-2-7-17-11/h2-3,7,10,14H,4-6,8-9H2,1H3,(H,15,16). The molecule has 1 atom stereocenters. The minimum absolute atomic E-state index is 0.404. The molecule has 100 valence electrons. The lowest BCUT2D eigenvalue weighted by atomic mass is 9.99. The van der Waals surface area contributed by atoms with Gasteiger partial charge in [0.1, 0.15) is 11.3 Å². The number of nitrogens with one attached hydrogen (secondary N) is 1. The van der Waals surface area contributed by atoms with Gasteiger partial charge in [0.15, 0.2) is 0 Å². The smallest absolute Gasteiger partial charge is 0.323 e. The van der Waals surface area contributed by atoms with Gasteiger partial charge < -0.3 is 9.52 Å². The van der Waals surface area contributed by atoms with Crippen LogP contribution >= 0.6 is 11.8 Å². The van der Waals surface area contributed by atoms with Crippen molar-refractivity contribution in [2.75, 3.05) is 5.75 Å². The van der Waals surface area contributed by atoms with Gasteiger partial charge in [-0.15, -0.1) is 0 Å². The van der Waals surface area contributed by atoms with Gasteiger partial charge >= 0.3 is 5.97 Å². The Morgan fingerprint density at radius 1 is 1.67 bits per heavy atom. The van der Waals surface area contributed by atoms with E-state index < -0.39 is 11.5 Å². The summed E-state index contributed by atoms with van der Waals surface area (Å²) in [4.78, 5) is 11.3. The van der Waals surface area contributed by atoms with Gasteiger partial charge in [0.05, 0.1) is 12.0 Å². The van der Waals surface area contributed by atoms with Crippen molar-refractivity contribution in [2.45, 2.75) is 43.5 Å². The van der Waals surface area contributed by atoms with Crippen LogP contribution in [0.15, 0.2) is 22.8 Å². The Bertz CT molecular complexity index is 389. The number of furan rings is 1. The minimum atomic E-state index is -0.794. The Balaban J connectivity index is 1.73. The maximum absolute atomic E-state index is 11.3. The van der Waals surface area contributed by atoms with E-state index >= 15 is 0 Å². The molecule has 0 bridgehead atoms. The molecule has 1 unspecified atom stereocenters. The Labute approximate surface area is 111 Å². The van der Waals surface area contributed by atoms with Crippen LogP contribution in [0.1, 0.15) is 31.9 Å². The third kappa shape index (κ3) is 3.78. The van der Waals surface area contributed by atoms with Crippen molar-refractivity contribution in [1.82, 2.24) is 5.32 Å². The number of carboxylic acid groups (broad SMARTS) is 1. The van der Waals surface area contributed by atoms with Crippen molar-refractivity contribution in [2.24, 2.45) is 0 Å². The SMILES string of the molecule is CC(CCSCc1ccco1)(NC1CC1)C(=O)O. The number of rotatable bonds is 8. The van der Waals surface area contributed by atoms with Crippen molar-refractivity contribution < 1.29 is 14.3 Å². The van der Waals surface area contributed by atoms with Crippen molar-refractivity contribution in [3.05, 3.63) is 24.2 Å². The van der Waals surface area contributed by atoms with Gasteiger partial charge in [-0.2, -0.15) is 11.8 Å². The quantitative estimate of drug-likeness (QED) is 0.710. The van der Waals surface area contributed by atoms with Crippen molar-refractivity contribution >= 4 is 17.7 Å². The van der Waals surface area contributed by atoms with Crippen LogP contribution in [0.3, 0.4) is 0 Å². The summed E-state index contributed by atoms with van der Waals surface area (Å²) in [5.74, 6) is 1.79. The molecule has 0 radical (unpaired) electrons. The molecule has 0 spiro atoms. The first-order chi connectivity index (χ1) is 8.60. The zero-order chi connectivity index (χ0) is 13.0.